The molecule has 0 bridgehead atoms. The Morgan fingerprint density at radius 1 is 0.889 bits per heavy atom. The molecule has 160 valence electrons. The van der Waals surface area contributed by atoms with Gasteiger partial charge in [-0.1, -0.05) is 85.0 Å². The van der Waals surface area contributed by atoms with Gasteiger partial charge in [0.2, 0.25) is 0 Å². The van der Waals surface area contributed by atoms with Gasteiger partial charge in [-0.05, 0) is 6.42 Å². The van der Waals surface area contributed by atoms with E-state index in [0.29, 0.717) is 6.42 Å². The Hall–Kier alpha value is -1.10. The van der Waals surface area contributed by atoms with Gasteiger partial charge in [0.15, 0.2) is 0 Å². The van der Waals surface area contributed by atoms with Gasteiger partial charge in [-0.15, -0.1) is 0 Å². The maximum atomic E-state index is 11.9. The average Bonchev–Trinajstić information content (AvgIpc) is 2.49. The molecular weight excluding hydrogens is 342 g/mol. The third-order valence-electron chi connectivity index (χ3n) is 5.75. The van der Waals surface area contributed by atoms with Crippen LogP contribution in [-0.4, -0.2) is 48.7 Å². The maximum Gasteiger partial charge on any atom is 0.307 e. The Labute approximate surface area is 166 Å². The number of unbranched alkanes of at least 4 members (excludes halogenated alkanes) is 9. The molecule has 0 rings (SSSR count). The summed E-state index contributed by atoms with van der Waals surface area (Å²) in [6.07, 6.45) is 12.5. The molecule has 0 aromatic rings. The van der Waals surface area contributed by atoms with Crippen LogP contribution in [0.3, 0.4) is 0 Å². The van der Waals surface area contributed by atoms with E-state index in [2.05, 4.69) is 6.92 Å². The molecule has 0 aliphatic rings. The molecule has 0 saturated heterocycles. The number of carbonyl (C=O) groups excluding carboxylic acids is 1. The molecule has 0 fully saturated rings. The van der Waals surface area contributed by atoms with Gasteiger partial charge in [-0.2, -0.15) is 0 Å². The summed E-state index contributed by atoms with van der Waals surface area (Å²) >= 11 is 0. The molecule has 0 aliphatic carbocycles. The molecule has 0 aromatic heterocycles. The van der Waals surface area contributed by atoms with E-state index >= 15 is 0 Å². The van der Waals surface area contributed by atoms with Gasteiger partial charge >= 0.3 is 5.97 Å². The zero-order valence-corrected chi connectivity index (χ0v) is 18.6. The molecule has 0 radical (unpaired) electrons. The number of carbonyl (C=O) groups is 2. The van der Waals surface area contributed by atoms with Gasteiger partial charge in [0.05, 0.1) is 33.0 Å². The third kappa shape index (κ3) is 9.59. The number of quaternary nitrogens is 1. The largest absolute Gasteiger partial charge is 0.544 e. The van der Waals surface area contributed by atoms with E-state index in [4.69, 9.17) is 0 Å². The minimum absolute atomic E-state index is 0.150. The molecule has 1 N–H and O–H groups in total. The van der Waals surface area contributed by atoms with Crippen LogP contribution >= 0.6 is 0 Å². The van der Waals surface area contributed by atoms with E-state index < -0.39 is 29.3 Å². The molecule has 0 aromatic carbocycles. The van der Waals surface area contributed by atoms with Gasteiger partial charge in [0, 0.05) is 5.41 Å². The summed E-state index contributed by atoms with van der Waals surface area (Å²) in [6, 6.07) is -0.873. The Balaban J connectivity index is 4.49. The normalized spacial score (nSPS) is 14.7. The van der Waals surface area contributed by atoms with Crippen molar-refractivity contribution >= 4 is 11.9 Å². The Kier molecular flexibility index (Phi) is 11.9. The molecular formula is C22H43NO4. The van der Waals surface area contributed by atoms with E-state index in [1.165, 1.54) is 44.9 Å². The van der Waals surface area contributed by atoms with E-state index in [9.17, 15) is 19.8 Å². The smallest absolute Gasteiger partial charge is 0.307 e. The first kappa shape index (κ1) is 25.9. The number of nitrogens with zero attached hydrogens (tertiary/aromatic N) is 1. The quantitative estimate of drug-likeness (QED) is 0.323. The van der Waals surface area contributed by atoms with Crippen LogP contribution in [0, 0.1) is 11.3 Å². The van der Waals surface area contributed by atoms with Crippen molar-refractivity contribution in [1.29, 1.82) is 0 Å². The number of rotatable bonds is 16. The van der Waals surface area contributed by atoms with Crippen LogP contribution in [0.2, 0.25) is 0 Å². The minimum Gasteiger partial charge on any atom is -0.544 e. The molecule has 5 nitrogen and oxygen atoms in total. The lowest BCUT2D eigenvalue weighted by Gasteiger charge is -2.46. The van der Waals surface area contributed by atoms with E-state index in [0.717, 1.165) is 19.3 Å². The first-order chi connectivity index (χ1) is 12.5. The van der Waals surface area contributed by atoms with E-state index in [1.54, 1.807) is 35.0 Å². The molecule has 5 heteroatoms. The standard InChI is InChI=1S/C22H43NO4/c1-7-8-9-10-11-12-13-14-15-16-17-18(20(24)25)22(2,3)19(21(26)27)23(4,5)6/h18-19H,7-17H2,1-6H3,(H-,24,25,26,27). The SMILES string of the molecule is CCCCCCCCCCCCC(C(=O)O)C(C)(C)C(C(=O)[O-])[N+](C)(C)C. The Morgan fingerprint density at radius 2 is 1.30 bits per heavy atom. The fraction of sp³-hybridized carbons (Fsp3) is 0.909. The van der Waals surface area contributed by atoms with Gasteiger partial charge < -0.3 is 19.5 Å². The highest BCUT2D eigenvalue weighted by atomic mass is 16.4. The molecule has 0 saturated carbocycles. The number of carboxylic acid groups (broad SMARTS) is 2. The van der Waals surface area contributed by atoms with Crippen molar-refractivity contribution in [3.63, 3.8) is 0 Å². The highest BCUT2D eigenvalue weighted by molar-refractivity contribution is 5.75. The minimum atomic E-state index is -1.18. The van der Waals surface area contributed by atoms with Crippen molar-refractivity contribution < 1.29 is 24.3 Å². The van der Waals surface area contributed by atoms with Crippen molar-refractivity contribution in [2.75, 3.05) is 21.1 Å². The lowest BCUT2D eigenvalue weighted by atomic mass is 9.69. The topological polar surface area (TPSA) is 77.4 Å². The zero-order valence-electron chi connectivity index (χ0n) is 18.6. The van der Waals surface area contributed by atoms with Crippen LogP contribution in [0.15, 0.2) is 0 Å². The van der Waals surface area contributed by atoms with Crippen LogP contribution in [0.5, 0.6) is 0 Å². The lowest BCUT2D eigenvalue weighted by Crippen LogP contribution is -2.63. The second-order valence-corrected chi connectivity index (χ2v) is 9.52. The van der Waals surface area contributed by atoms with Crippen LogP contribution in [0.1, 0.15) is 91.4 Å². The van der Waals surface area contributed by atoms with Gasteiger partial charge in [0.25, 0.3) is 0 Å². The van der Waals surface area contributed by atoms with Gasteiger partial charge in [-0.25, -0.2) is 0 Å². The summed E-state index contributed by atoms with van der Waals surface area (Å²) in [7, 11) is 5.34. The Morgan fingerprint density at radius 3 is 1.63 bits per heavy atom. The van der Waals surface area contributed by atoms with E-state index in [1.807, 2.05) is 0 Å². The summed E-state index contributed by atoms with van der Waals surface area (Å²) < 4.78 is 0.150. The van der Waals surface area contributed by atoms with E-state index in [-0.39, 0.29) is 4.48 Å². The van der Waals surface area contributed by atoms with Crippen molar-refractivity contribution in [2.24, 2.45) is 11.3 Å². The van der Waals surface area contributed by atoms with Crippen molar-refractivity contribution in [1.82, 2.24) is 0 Å². The fourth-order valence-electron chi connectivity index (χ4n) is 4.46. The number of likely N-dealkylation sites (N-methyl/N-ethyl adjacent to an activating group) is 1. The van der Waals surface area contributed by atoms with Crippen molar-refractivity contribution in [2.45, 2.75) is 97.4 Å². The van der Waals surface area contributed by atoms with Gasteiger partial charge in [-0.3, -0.25) is 4.79 Å². The fourth-order valence-corrected chi connectivity index (χ4v) is 4.46. The van der Waals surface area contributed by atoms with Crippen molar-refractivity contribution in [3.05, 3.63) is 0 Å². The predicted molar refractivity (Wildman–Crippen MR) is 108 cm³/mol. The molecule has 0 aliphatic heterocycles. The molecule has 0 spiro atoms. The third-order valence-corrected chi connectivity index (χ3v) is 5.75. The summed E-state index contributed by atoms with van der Waals surface area (Å²) in [4.78, 5) is 23.6. The second-order valence-electron chi connectivity index (χ2n) is 9.52. The Bertz CT molecular complexity index is 440. The molecule has 0 amide bonds. The highest BCUT2D eigenvalue weighted by Crippen LogP contribution is 2.38. The summed E-state index contributed by atoms with van der Waals surface area (Å²) in [5.74, 6) is -2.77. The summed E-state index contributed by atoms with van der Waals surface area (Å²) in [5.41, 5.74) is -0.887. The number of hydrogen-bond acceptors (Lipinski definition) is 3. The van der Waals surface area contributed by atoms with Crippen LogP contribution in [0.25, 0.3) is 0 Å². The molecule has 2 unspecified atom stereocenters. The van der Waals surface area contributed by atoms with Crippen molar-refractivity contribution in [3.8, 4) is 0 Å². The average molecular weight is 386 g/mol. The zero-order chi connectivity index (χ0) is 21.1. The highest BCUT2D eigenvalue weighted by Gasteiger charge is 2.48. The monoisotopic (exact) mass is 385 g/mol. The van der Waals surface area contributed by atoms with Crippen LogP contribution in [0.4, 0.5) is 0 Å². The second kappa shape index (κ2) is 12.4. The molecule has 0 heterocycles. The first-order valence-corrected chi connectivity index (χ1v) is 10.7. The summed E-state index contributed by atoms with van der Waals surface area (Å²) in [6.45, 7) is 5.74. The van der Waals surface area contributed by atoms with Crippen LogP contribution < -0.4 is 5.11 Å². The molecule has 27 heavy (non-hydrogen) atoms. The maximum absolute atomic E-state index is 11.9. The summed E-state index contributed by atoms with van der Waals surface area (Å²) in [5, 5.41) is 21.5. The lowest BCUT2D eigenvalue weighted by molar-refractivity contribution is -0.897. The number of carboxylic acids is 2. The number of hydrogen-bond donors (Lipinski definition) is 1. The van der Waals surface area contributed by atoms with Crippen LogP contribution in [-0.2, 0) is 9.59 Å². The first-order valence-electron chi connectivity index (χ1n) is 10.7. The predicted octanol–water partition coefficient (Wildman–Crippen LogP) is 3.85. The number of aliphatic carboxylic acids is 2. The van der Waals surface area contributed by atoms with Gasteiger partial charge in [0.1, 0.15) is 6.04 Å². The molecule has 2 atom stereocenters.